The molecule has 120 valence electrons. The van der Waals surface area contributed by atoms with Crippen LogP contribution >= 0.6 is 0 Å². The molecule has 0 radical (unpaired) electrons. The topological polar surface area (TPSA) is 32.8 Å². The minimum Gasteiger partial charge on any atom is -0.368 e. The number of nitrogens with zero attached hydrogens (tertiary/aromatic N) is 2. The fourth-order valence-corrected chi connectivity index (χ4v) is 3.44. The maximum atomic E-state index is 12.4. The Kier molecular flexibility index (Phi) is 5.11. The van der Waals surface area contributed by atoms with Crippen molar-refractivity contribution in [2.24, 2.45) is 0 Å². The zero-order valence-corrected chi connectivity index (χ0v) is 13.4. The van der Waals surface area contributed by atoms with Crippen LogP contribution in [-0.4, -0.2) is 60.6 Å². The summed E-state index contributed by atoms with van der Waals surface area (Å²) in [5.74, 6) is 0.202. The molecule has 0 aliphatic carbocycles. The van der Waals surface area contributed by atoms with Crippen molar-refractivity contribution in [1.29, 1.82) is 0 Å². The normalized spacial score (nSPS) is 24.4. The van der Waals surface area contributed by atoms with Crippen LogP contribution in [0.4, 0.5) is 0 Å². The Bertz CT molecular complexity index is 477. The van der Waals surface area contributed by atoms with Gasteiger partial charge in [0.25, 0.3) is 5.91 Å². The molecule has 0 N–H and O–H groups in total. The lowest BCUT2D eigenvalue weighted by Gasteiger charge is -2.38. The summed E-state index contributed by atoms with van der Waals surface area (Å²) in [5, 5.41) is 0. The summed E-state index contributed by atoms with van der Waals surface area (Å²) in [6, 6.07) is 11.1. The van der Waals surface area contributed by atoms with Crippen molar-refractivity contribution in [2.75, 3.05) is 32.8 Å². The number of hydrogen-bond acceptors (Lipinski definition) is 3. The Morgan fingerprint density at radius 2 is 1.95 bits per heavy atom. The average Bonchev–Trinajstić information content (AvgIpc) is 3.10. The molecule has 2 aliphatic heterocycles. The van der Waals surface area contributed by atoms with Gasteiger partial charge in [0.15, 0.2) is 0 Å². The number of carbonyl (C=O) groups excluding carboxylic acids is 1. The predicted molar refractivity (Wildman–Crippen MR) is 86.7 cm³/mol. The molecule has 2 atom stereocenters. The lowest BCUT2D eigenvalue weighted by atomic mass is 10.1. The Morgan fingerprint density at radius 3 is 2.59 bits per heavy atom. The van der Waals surface area contributed by atoms with Crippen LogP contribution < -0.4 is 0 Å². The first kappa shape index (κ1) is 15.5. The van der Waals surface area contributed by atoms with Crippen molar-refractivity contribution in [3.05, 3.63) is 35.9 Å². The zero-order chi connectivity index (χ0) is 15.4. The second kappa shape index (κ2) is 7.25. The molecular weight excluding hydrogens is 276 g/mol. The summed E-state index contributed by atoms with van der Waals surface area (Å²) >= 11 is 0. The van der Waals surface area contributed by atoms with Crippen molar-refractivity contribution in [3.8, 4) is 0 Å². The minimum absolute atomic E-state index is 0.173. The van der Waals surface area contributed by atoms with E-state index < -0.39 is 0 Å². The van der Waals surface area contributed by atoms with Crippen molar-refractivity contribution in [1.82, 2.24) is 9.80 Å². The second-order valence-corrected chi connectivity index (χ2v) is 6.40. The molecule has 2 fully saturated rings. The molecule has 0 saturated carbocycles. The Hall–Kier alpha value is -1.39. The van der Waals surface area contributed by atoms with E-state index in [0.29, 0.717) is 6.04 Å². The third kappa shape index (κ3) is 3.68. The number of amides is 1. The highest BCUT2D eigenvalue weighted by Crippen LogP contribution is 2.17. The molecular formula is C18H26N2O2. The quantitative estimate of drug-likeness (QED) is 0.852. The molecule has 2 heterocycles. The monoisotopic (exact) mass is 302 g/mol. The lowest BCUT2D eigenvalue weighted by Crippen LogP contribution is -2.53. The first-order valence-corrected chi connectivity index (χ1v) is 8.42. The molecule has 0 spiro atoms. The van der Waals surface area contributed by atoms with E-state index in [0.717, 1.165) is 52.0 Å². The summed E-state index contributed by atoms with van der Waals surface area (Å²) in [6.07, 6.45) is 2.81. The summed E-state index contributed by atoms with van der Waals surface area (Å²) < 4.78 is 5.52. The summed E-state index contributed by atoms with van der Waals surface area (Å²) in [7, 11) is 0. The van der Waals surface area contributed by atoms with Gasteiger partial charge in [0.2, 0.25) is 0 Å². The number of benzene rings is 1. The smallest absolute Gasteiger partial charge is 0.251 e. The van der Waals surface area contributed by atoms with Gasteiger partial charge in [-0.2, -0.15) is 0 Å². The molecule has 1 aromatic rings. The average molecular weight is 302 g/mol. The molecule has 2 unspecified atom stereocenters. The standard InChI is InChI=1S/C18H26N2O2/c1-15(14-16-6-3-2-4-7-16)19-9-11-20(12-10-19)18(21)17-8-5-13-22-17/h2-4,6-7,15,17H,5,8-14H2,1H3. The van der Waals surface area contributed by atoms with Gasteiger partial charge in [-0.3, -0.25) is 9.69 Å². The second-order valence-electron chi connectivity index (χ2n) is 6.40. The zero-order valence-electron chi connectivity index (χ0n) is 13.4. The highest BCUT2D eigenvalue weighted by Gasteiger charge is 2.31. The molecule has 4 heteroatoms. The first-order valence-electron chi connectivity index (χ1n) is 8.42. The van der Waals surface area contributed by atoms with E-state index in [2.05, 4.69) is 42.2 Å². The number of hydrogen-bond donors (Lipinski definition) is 0. The van der Waals surface area contributed by atoms with Crippen LogP contribution in [0.5, 0.6) is 0 Å². The van der Waals surface area contributed by atoms with Gasteiger partial charge in [-0.15, -0.1) is 0 Å². The van der Waals surface area contributed by atoms with Crippen molar-refractivity contribution < 1.29 is 9.53 Å². The van der Waals surface area contributed by atoms with Crippen LogP contribution in [0.3, 0.4) is 0 Å². The van der Waals surface area contributed by atoms with Crippen LogP contribution in [-0.2, 0) is 16.0 Å². The number of carbonyl (C=O) groups is 1. The highest BCUT2D eigenvalue weighted by atomic mass is 16.5. The van der Waals surface area contributed by atoms with Gasteiger partial charge in [-0.25, -0.2) is 0 Å². The maximum Gasteiger partial charge on any atom is 0.251 e. The van der Waals surface area contributed by atoms with Crippen molar-refractivity contribution in [3.63, 3.8) is 0 Å². The molecule has 1 aromatic carbocycles. The first-order chi connectivity index (χ1) is 10.7. The number of rotatable bonds is 4. The minimum atomic E-state index is -0.173. The number of piperazine rings is 1. The Morgan fingerprint density at radius 1 is 1.23 bits per heavy atom. The van der Waals surface area contributed by atoms with E-state index >= 15 is 0 Å². The van der Waals surface area contributed by atoms with Gasteiger partial charge in [-0.05, 0) is 31.7 Å². The summed E-state index contributed by atoms with van der Waals surface area (Å²) in [6.45, 7) is 6.61. The van der Waals surface area contributed by atoms with Crippen molar-refractivity contribution >= 4 is 5.91 Å². The third-order valence-corrected chi connectivity index (χ3v) is 4.83. The van der Waals surface area contributed by atoms with Crippen LogP contribution in [0.1, 0.15) is 25.3 Å². The van der Waals surface area contributed by atoms with E-state index in [1.165, 1.54) is 5.56 Å². The molecule has 2 saturated heterocycles. The molecule has 3 rings (SSSR count). The van der Waals surface area contributed by atoms with Gasteiger partial charge in [0.1, 0.15) is 6.10 Å². The fourth-order valence-electron chi connectivity index (χ4n) is 3.44. The van der Waals surface area contributed by atoms with Gasteiger partial charge in [0.05, 0.1) is 0 Å². The molecule has 2 aliphatic rings. The van der Waals surface area contributed by atoms with Gasteiger partial charge in [-0.1, -0.05) is 30.3 Å². The largest absolute Gasteiger partial charge is 0.368 e. The summed E-state index contributed by atoms with van der Waals surface area (Å²) in [4.78, 5) is 16.8. The number of ether oxygens (including phenoxy) is 1. The highest BCUT2D eigenvalue weighted by molar-refractivity contribution is 5.81. The Labute approximate surface area is 133 Å². The summed E-state index contributed by atoms with van der Waals surface area (Å²) in [5.41, 5.74) is 1.38. The SMILES string of the molecule is CC(Cc1ccccc1)N1CCN(C(=O)C2CCCO2)CC1. The van der Waals surface area contributed by atoms with Crippen LogP contribution in [0.15, 0.2) is 30.3 Å². The van der Waals surface area contributed by atoms with E-state index in [-0.39, 0.29) is 12.0 Å². The predicted octanol–water partition coefficient (Wildman–Crippen LogP) is 1.94. The van der Waals surface area contributed by atoms with E-state index in [9.17, 15) is 4.79 Å². The van der Waals surface area contributed by atoms with Crippen LogP contribution in [0.25, 0.3) is 0 Å². The molecule has 1 amide bonds. The Balaban J connectivity index is 1.47. The van der Waals surface area contributed by atoms with E-state index in [4.69, 9.17) is 4.74 Å². The third-order valence-electron chi connectivity index (χ3n) is 4.83. The molecule has 22 heavy (non-hydrogen) atoms. The maximum absolute atomic E-state index is 12.4. The lowest BCUT2D eigenvalue weighted by molar-refractivity contribution is -0.143. The fraction of sp³-hybridized carbons (Fsp3) is 0.611. The van der Waals surface area contributed by atoms with E-state index in [1.54, 1.807) is 0 Å². The van der Waals surface area contributed by atoms with E-state index in [1.807, 2.05) is 4.90 Å². The van der Waals surface area contributed by atoms with Crippen LogP contribution in [0, 0.1) is 0 Å². The van der Waals surface area contributed by atoms with Gasteiger partial charge < -0.3 is 9.64 Å². The van der Waals surface area contributed by atoms with Crippen molar-refractivity contribution in [2.45, 2.75) is 38.3 Å². The molecule has 0 aromatic heterocycles. The molecule has 0 bridgehead atoms. The van der Waals surface area contributed by atoms with Gasteiger partial charge >= 0.3 is 0 Å². The van der Waals surface area contributed by atoms with Crippen LogP contribution in [0.2, 0.25) is 0 Å². The van der Waals surface area contributed by atoms with Gasteiger partial charge in [0, 0.05) is 38.8 Å². The molecule has 4 nitrogen and oxygen atoms in total.